The van der Waals surface area contributed by atoms with Crippen molar-refractivity contribution < 1.29 is 14.6 Å². The zero-order chi connectivity index (χ0) is 14.7. The Morgan fingerprint density at radius 1 is 1.26 bits per heavy atom. The summed E-state index contributed by atoms with van der Waals surface area (Å²) in [4.78, 5) is 11.8. The van der Waals surface area contributed by atoms with Crippen LogP contribution in [-0.4, -0.2) is 23.8 Å². The second-order valence-corrected chi connectivity index (χ2v) is 4.92. The van der Waals surface area contributed by atoms with Gasteiger partial charge in [-0.1, -0.05) is 12.2 Å². The molecule has 0 saturated carbocycles. The highest BCUT2D eigenvalue weighted by atomic mass is 16.5. The fourth-order valence-corrected chi connectivity index (χ4v) is 2.45. The van der Waals surface area contributed by atoms with Gasteiger partial charge in [0.05, 0.1) is 11.5 Å². The molecule has 0 aliphatic carbocycles. The van der Waals surface area contributed by atoms with Crippen LogP contribution in [0.1, 0.15) is 52.4 Å². The van der Waals surface area contributed by atoms with Gasteiger partial charge in [-0.3, -0.25) is 4.79 Å². The van der Waals surface area contributed by atoms with Gasteiger partial charge in [-0.15, -0.1) is 13.2 Å². The Labute approximate surface area is 117 Å². The Morgan fingerprint density at radius 2 is 1.74 bits per heavy atom. The van der Waals surface area contributed by atoms with E-state index in [0.717, 1.165) is 25.7 Å². The quantitative estimate of drug-likeness (QED) is 0.426. The van der Waals surface area contributed by atoms with E-state index in [9.17, 15) is 9.90 Å². The summed E-state index contributed by atoms with van der Waals surface area (Å²) in [6.45, 7) is 11.7. The highest BCUT2D eigenvalue weighted by Crippen LogP contribution is 2.37. The van der Waals surface area contributed by atoms with Gasteiger partial charge >= 0.3 is 5.97 Å². The van der Waals surface area contributed by atoms with Crippen LogP contribution in [0.5, 0.6) is 0 Å². The molecule has 0 heterocycles. The van der Waals surface area contributed by atoms with E-state index in [1.807, 2.05) is 26.0 Å². The first-order valence-electron chi connectivity index (χ1n) is 7.12. The monoisotopic (exact) mass is 268 g/mol. The van der Waals surface area contributed by atoms with Gasteiger partial charge < -0.3 is 9.84 Å². The smallest absolute Gasteiger partial charge is 0.312 e. The first kappa shape index (κ1) is 17.9. The molecule has 0 saturated heterocycles. The summed E-state index contributed by atoms with van der Waals surface area (Å²) in [5.74, 6) is -0.749. The predicted molar refractivity (Wildman–Crippen MR) is 79.3 cm³/mol. The van der Waals surface area contributed by atoms with Crippen LogP contribution < -0.4 is 0 Å². The number of hydrogen-bond acceptors (Lipinski definition) is 2. The van der Waals surface area contributed by atoms with Gasteiger partial charge in [-0.2, -0.15) is 0 Å². The third-order valence-electron chi connectivity index (χ3n) is 3.68. The van der Waals surface area contributed by atoms with E-state index in [-0.39, 0.29) is 6.10 Å². The van der Waals surface area contributed by atoms with Crippen LogP contribution >= 0.6 is 0 Å². The third-order valence-corrected chi connectivity index (χ3v) is 3.68. The van der Waals surface area contributed by atoms with Crippen molar-refractivity contribution in [2.75, 3.05) is 6.61 Å². The highest BCUT2D eigenvalue weighted by molar-refractivity contribution is 5.75. The molecule has 1 unspecified atom stereocenters. The molecule has 0 aliphatic rings. The average molecular weight is 268 g/mol. The molecule has 110 valence electrons. The fraction of sp³-hybridized carbons (Fsp3) is 0.688. The van der Waals surface area contributed by atoms with Gasteiger partial charge in [0.2, 0.25) is 0 Å². The van der Waals surface area contributed by atoms with E-state index in [4.69, 9.17) is 4.74 Å². The minimum absolute atomic E-state index is 0.273. The Kier molecular flexibility index (Phi) is 9.23. The highest BCUT2D eigenvalue weighted by Gasteiger charge is 2.43. The molecular formula is C16H28O3. The van der Waals surface area contributed by atoms with Crippen molar-refractivity contribution >= 4 is 5.97 Å². The largest absolute Gasteiger partial charge is 0.481 e. The number of aliphatic carboxylic acids is 1. The number of carboxylic acid groups (broad SMARTS) is 1. The van der Waals surface area contributed by atoms with Gasteiger partial charge in [-0.05, 0) is 52.4 Å². The first-order valence-corrected chi connectivity index (χ1v) is 7.12. The van der Waals surface area contributed by atoms with Gasteiger partial charge in [0.1, 0.15) is 0 Å². The lowest BCUT2D eigenvalue weighted by molar-refractivity contribution is -0.161. The Hall–Kier alpha value is -1.09. The fourth-order valence-electron chi connectivity index (χ4n) is 2.45. The zero-order valence-corrected chi connectivity index (χ0v) is 12.4. The Morgan fingerprint density at radius 3 is 2.05 bits per heavy atom. The van der Waals surface area contributed by atoms with Crippen LogP contribution in [0.25, 0.3) is 0 Å². The van der Waals surface area contributed by atoms with Crippen LogP contribution in [0.2, 0.25) is 0 Å². The molecule has 0 rings (SSSR count). The molecule has 0 bridgehead atoms. The summed E-state index contributed by atoms with van der Waals surface area (Å²) >= 11 is 0. The normalized spacial score (nSPS) is 12.9. The lowest BCUT2D eigenvalue weighted by Crippen LogP contribution is -2.42. The summed E-state index contributed by atoms with van der Waals surface area (Å²) in [7, 11) is 0. The van der Waals surface area contributed by atoms with Gasteiger partial charge in [-0.25, -0.2) is 0 Å². The number of carboxylic acids is 1. The molecule has 0 aliphatic heterocycles. The Balaban J connectivity index is 4.91. The summed E-state index contributed by atoms with van der Waals surface area (Å²) in [5, 5.41) is 9.69. The Bertz CT molecular complexity index is 270. The molecule has 1 atom stereocenters. The molecule has 19 heavy (non-hydrogen) atoms. The van der Waals surface area contributed by atoms with Gasteiger partial charge in [0.25, 0.3) is 0 Å². The molecule has 0 aromatic heterocycles. The first-order chi connectivity index (χ1) is 9.05. The number of allylic oxidation sites excluding steroid dienone is 2. The molecule has 3 heteroatoms. The zero-order valence-electron chi connectivity index (χ0n) is 12.4. The van der Waals surface area contributed by atoms with E-state index >= 15 is 0 Å². The topological polar surface area (TPSA) is 46.5 Å². The molecule has 0 aromatic carbocycles. The lowest BCUT2D eigenvalue weighted by Gasteiger charge is -2.35. The van der Waals surface area contributed by atoms with Gasteiger partial charge in [0, 0.05) is 6.61 Å². The van der Waals surface area contributed by atoms with Crippen molar-refractivity contribution in [2.45, 2.75) is 58.5 Å². The molecule has 0 aromatic rings. The summed E-state index contributed by atoms with van der Waals surface area (Å²) in [6, 6.07) is 0. The lowest BCUT2D eigenvalue weighted by atomic mass is 9.74. The molecule has 0 radical (unpaired) electrons. The van der Waals surface area contributed by atoms with Crippen LogP contribution in [0, 0.1) is 5.41 Å². The molecule has 0 amide bonds. The summed E-state index contributed by atoms with van der Waals surface area (Å²) in [6.07, 6.45) is 8.01. The van der Waals surface area contributed by atoms with Crippen LogP contribution in [0.15, 0.2) is 25.3 Å². The van der Waals surface area contributed by atoms with Crippen molar-refractivity contribution in [1.82, 2.24) is 0 Å². The number of ether oxygens (including phenoxy) is 1. The number of hydrogen-bond donors (Lipinski definition) is 1. The molecular weight excluding hydrogens is 240 g/mol. The summed E-state index contributed by atoms with van der Waals surface area (Å²) < 4.78 is 5.60. The number of unbranched alkanes of at least 4 members (excludes halogenated alkanes) is 2. The van der Waals surface area contributed by atoms with Crippen molar-refractivity contribution in [3.8, 4) is 0 Å². The maximum atomic E-state index is 11.8. The van der Waals surface area contributed by atoms with Gasteiger partial charge in [0.15, 0.2) is 0 Å². The van der Waals surface area contributed by atoms with Crippen molar-refractivity contribution in [1.29, 1.82) is 0 Å². The molecule has 1 N–H and O–H groups in total. The summed E-state index contributed by atoms with van der Waals surface area (Å²) in [5.41, 5.74) is -0.790. The standard InChI is InChI=1S/C16H28O3/c1-5-8-10-12-16(15(17)18,13-11-9-6-2)14(4)19-7-3/h5-6,14H,1-2,7-13H2,3-4H3,(H,17,18). The SMILES string of the molecule is C=CCCCC(CCCC=C)(C(=O)O)C(C)OCC. The maximum absolute atomic E-state index is 11.8. The van der Waals surface area contributed by atoms with E-state index in [2.05, 4.69) is 13.2 Å². The second-order valence-electron chi connectivity index (χ2n) is 4.92. The average Bonchev–Trinajstić information content (AvgIpc) is 2.37. The third kappa shape index (κ3) is 5.60. The second kappa shape index (κ2) is 9.79. The van der Waals surface area contributed by atoms with Crippen LogP contribution in [0.3, 0.4) is 0 Å². The number of rotatable bonds is 12. The molecule has 0 spiro atoms. The minimum atomic E-state index is -0.790. The van der Waals surface area contributed by atoms with E-state index in [0.29, 0.717) is 19.4 Å². The van der Waals surface area contributed by atoms with Crippen molar-refractivity contribution in [2.24, 2.45) is 5.41 Å². The molecule has 3 nitrogen and oxygen atoms in total. The van der Waals surface area contributed by atoms with Crippen molar-refractivity contribution in [3.05, 3.63) is 25.3 Å². The van der Waals surface area contributed by atoms with E-state index in [1.165, 1.54) is 0 Å². The van der Waals surface area contributed by atoms with Crippen molar-refractivity contribution in [3.63, 3.8) is 0 Å². The number of carbonyl (C=O) groups is 1. The predicted octanol–water partition coefficient (Wildman–Crippen LogP) is 4.20. The van der Waals surface area contributed by atoms with Crippen LogP contribution in [-0.2, 0) is 9.53 Å². The minimum Gasteiger partial charge on any atom is -0.481 e. The van der Waals surface area contributed by atoms with Crippen LogP contribution in [0.4, 0.5) is 0 Å². The van der Waals surface area contributed by atoms with E-state index < -0.39 is 11.4 Å². The van der Waals surface area contributed by atoms with E-state index in [1.54, 1.807) is 0 Å². The maximum Gasteiger partial charge on any atom is 0.312 e. The molecule has 0 fully saturated rings.